The van der Waals surface area contributed by atoms with E-state index in [4.69, 9.17) is 5.41 Å². The van der Waals surface area contributed by atoms with Crippen molar-refractivity contribution < 1.29 is 0 Å². The van der Waals surface area contributed by atoms with Crippen LogP contribution in [0.5, 0.6) is 0 Å². The zero-order valence-electron chi connectivity index (χ0n) is 5.62. The van der Waals surface area contributed by atoms with Gasteiger partial charge >= 0.3 is 0 Å². The molecule has 0 aliphatic carbocycles. The first kappa shape index (κ1) is 7.47. The second kappa shape index (κ2) is 4.62. The minimum absolute atomic E-state index is 0.645. The molecule has 0 aliphatic rings. The van der Waals surface area contributed by atoms with Gasteiger partial charge in [0.2, 0.25) is 0 Å². The molecule has 0 heterocycles. The maximum Gasteiger partial charge on any atom is 0.0928 e. The van der Waals surface area contributed by atoms with Gasteiger partial charge in [0.15, 0.2) is 0 Å². The van der Waals surface area contributed by atoms with Crippen molar-refractivity contribution in [3.05, 3.63) is 0 Å². The third-order valence-electron chi connectivity index (χ3n) is 1.08. The van der Waals surface area contributed by atoms with E-state index in [1.54, 1.807) is 7.05 Å². The van der Waals surface area contributed by atoms with Crippen molar-refractivity contribution in [1.29, 1.82) is 5.41 Å². The van der Waals surface area contributed by atoms with Gasteiger partial charge < -0.3 is 5.32 Å². The molecule has 0 saturated carbocycles. The van der Waals surface area contributed by atoms with Crippen molar-refractivity contribution in [3.63, 3.8) is 0 Å². The van der Waals surface area contributed by atoms with E-state index in [1.165, 1.54) is 6.42 Å². The largest absolute Gasteiger partial charge is 0.377 e. The summed E-state index contributed by atoms with van der Waals surface area (Å²) in [5.74, 6) is 0.645. The molecule has 0 bridgehead atoms. The summed E-state index contributed by atoms with van der Waals surface area (Å²) >= 11 is 0. The normalized spacial score (nSPS) is 8.75. The van der Waals surface area contributed by atoms with Crippen LogP contribution in [0.2, 0.25) is 0 Å². The highest BCUT2D eigenvalue weighted by molar-refractivity contribution is 5.78. The predicted octanol–water partition coefficient (Wildman–Crippen LogP) is 1.37. The maximum absolute atomic E-state index is 7.13. The number of amidine groups is 1. The second-order valence-electron chi connectivity index (χ2n) is 1.83. The summed E-state index contributed by atoms with van der Waals surface area (Å²) in [5, 5.41) is 9.91. The van der Waals surface area contributed by atoms with Crippen LogP contribution in [0.25, 0.3) is 0 Å². The smallest absolute Gasteiger partial charge is 0.0928 e. The molecule has 0 aromatic rings. The van der Waals surface area contributed by atoms with E-state index in [1.807, 2.05) is 0 Å². The van der Waals surface area contributed by atoms with Gasteiger partial charge in [-0.15, -0.1) is 0 Å². The van der Waals surface area contributed by atoms with Gasteiger partial charge in [-0.2, -0.15) is 0 Å². The van der Waals surface area contributed by atoms with Gasteiger partial charge in [-0.3, -0.25) is 5.41 Å². The number of rotatable bonds is 3. The SMILES string of the molecule is CCCCC(=N)NC. The Morgan fingerprint density at radius 1 is 1.62 bits per heavy atom. The van der Waals surface area contributed by atoms with E-state index >= 15 is 0 Å². The molecule has 0 fully saturated rings. The Hall–Kier alpha value is -0.530. The van der Waals surface area contributed by atoms with Gasteiger partial charge in [-0.25, -0.2) is 0 Å². The van der Waals surface area contributed by atoms with Crippen LogP contribution in [0, 0.1) is 5.41 Å². The first-order valence-electron chi connectivity index (χ1n) is 3.06. The van der Waals surface area contributed by atoms with Crippen molar-refractivity contribution in [2.45, 2.75) is 26.2 Å². The summed E-state index contributed by atoms with van der Waals surface area (Å²) in [6, 6.07) is 0. The Morgan fingerprint density at radius 2 is 2.25 bits per heavy atom. The summed E-state index contributed by atoms with van der Waals surface area (Å²) in [6.07, 6.45) is 3.19. The highest BCUT2D eigenvalue weighted by Crippen LogP contribution is 1.91. The van der Waals surface area contributed by atoms with Gasteiger partial charge in [0, 0.05) is 13.5 Å². The van der Waals surface area contributed by atoms with Crippen LogP contribution in [0.3, 0.4) is 0 Å². The lowest BCUT2D eigenvalue weighted by molar-refractivity contribution is 0.815. The van der Waals surface area contributed by atoms with Crippen molar-refractivity contribution >= 4 is 5.84 Å². The first-order valence-corrected chi connectivity index (χ1v) is 3.06. The van der Waals surface area contributed by atoms with Gasteiger partial charge in [-0.05, 0) is 6.42 Å². The molecule has 0 saturated heterocycles. The monoisotopic (exact) mass is 114 g/mol. The zero-order chi connectivity index (χ0) is 6.41. The zero-order valence-corrected chi connectivity index (χ0v) is 5.62. The summed E-state index contributed by atoms with van der Waals surface area (Å²) < 4.78 is 0. The van der Waals surface area contributed by atoms with Gasteiger partial charge in [0.1, 0.15) is 0 Å². The number of unbranched alkanes of at least 4 members (excludes halogenated alkanes) is 1. The molecule has 0 amide bonds. The first-order chi connectivity index (χ1) is 3.81. The Bertz CT molecular complexity index is 68.9. The molecule has 0 unspecified atom stereocenters. The number of nitrogens with one attached hydrogen (secondary N) is 2. The number of hydrogen-bond donors (Lipinski definition) is 2. The minimum Gasteiger partial charge on any atom is -0.377 e. The molecular formula is C6H14N2. The van der Waals surface area contributed by atoms with Crippen molar-refractivity contribution in [2.24, 2.45) is 0 Å². The molecule has 2 nitrogen and oxygen atoms in total. The quantitative estimate of drug-likeness (QED) is 0.422. The van der Waals surface area contributed by atoms with Crippen LogP contribution in [0.15, 0.2) is 0 Å². The Kier molecular flexibility index (Phi) is 4.32. The van der Waals surface area contributed by atoms with E-state index in [-0.39, 0.29) is 0 Å². The third-order valence-corrected chi connectivity index (χ3v) is 1.08. The minimum atomic E-state index is 0.645. The molecule has 48 valence electrons. The molecule has 0 aromatic carbocycles. The van der Waals surface area contributed by atoms with Crippen LogP contribution < -0.4 is 5.32 Å². The maximum atomic E-state index is 7.13. The highest BCUT2D eigenvalue weighted by Gasteiger charge is 1.87. The lowest BCUT2D eigenvalue weighted by atomic mass is 10.2. The molecule has 0 aromatic heterocycles. The average molecular weight is 114 g/mol. The lowest BCUT2D eigenvalue weighted by Crippen LogP contribution is -2.15. The summed E-state index contributed by atoms with van der Waals surface area (Å²) in [5.41, 5.74) is 0. The van der Waals surface area contributed by atoms with Crippen LogP contribution in [-0.4, -0.2) is 12.9 Å². The van der Waals surface area contributed by atoms with Gasteiger partial charge in [-0.1, -0.05) is 13.3 Å². The van der Waals surface area contributed by atoms with Crippen molar-refractivity contribution in [3.8, 4) is 0 Å². The topological polar surface area (TPSA) is 35.9 Å². The molecule has 0 spiro atoms. The molecule has 0 aliphatic heterocycles. The molecule has 0 rings (SSSR count). The summed E-state index contributed by atoms with van der Waals surface area (Å²) in [6.45, 7) is 2.13. The summed E-state index contributed by atoms with van der Waals surface area (Å²) in [4.78, 5) is 0. The van der Waals surface area contributed by atoms with E-state index in [9.17, 15) is 0 Å². The third kappa shape index (κ3) is 3.65. The standard InChI is InChI=1S/C6H14N2/c1-3-4-5-6(7)8-2/h3-5H2,1-2H3,(H2,7,8). The summed E-state index contributed by atoms with van der Waals surface area (Å²) in [7, 11) is 1.79. The Labute approximate surface area is 50.8 Å². The van der Waals surface area contributed by atoms with Crippen LogP contribution in [0.4, 0.5) is 0 Å². The van der Waals surface area contributed by atoms with Gasteiger partial charge in [0.25, 0.3) is 0 Å². The van der Waals surface area contributed by atoms with E-state index in [2.05, 4.69) is 12.2 Å². The highest BCUT2D eigenvalue weighted by atomic mass is 14.9. The average Bonchev–Trinajstić information content (AvgIpc) is 1.83. The van der Waals surface area contributed by atoms with Crippen LogP contribution in [0.1, 0.15) is 26.2 Å². The fraction of sp³-hybridized carbons (Fsp3) is 0.833. The van der Waals surface area contributed by atoms with E-state index in [0.29, 0.717) is 5.84 Å². The fourth-order valence-corrected chi connectivity index (χ4v) is 0.479. The molecular weight excluding hydrogens is 100 g/mol. The second-order valence-corrected chi connectivity index (χ2v) is 1.83. The van der Waals surface area contributed by atoms with Crippen molar-refractivity contribution in [1.82, 2.24) is 5.32 Å². The molecule has 0 radical (unpaired) electrons. The lowest BCUT2D eigenvalue weighted by Gasteiger charge is -1.98. The Morgan fingerprint density at radius 3 is 2.62 bits per heavy atom. The molecule has 2 N–H and O–H groups in total. The Balaban J connectivity index is 2.99. The van der Waals surface area contributed by atoms with Crippen LogP contribution in [-0.2, 0) is 0 Å². The van der Waals surface area contributed by atoms with E-state index in [0.717, 1.165) is 12.8 Å². The van der Waals surface area contributed by atoms with Crippen LogP contribution >= 0.6 is 0 Å². The van der Waals surface area contributed by atoms with Gasteiger partial charge in [0.05, 0.1) is 5.84 Å². The molecule has 2 heteroatoms. The predicted molar refractivity (Wildman–Crippen MR) is 36.3 cm³/mol. The fourth-order valence-electron chi connectivity index (χ4n) is 0.479. The molecule has 8 heavy (non-hydrogen) atoms. The molecule has 0 atom stereocenters. The van der Waals surface area contributed by atoms with E-state index < -0.39 is 0 Å². The number of hydrogen-bond acceptors (Lipinski definition) is 1. The van der Waals surface area contributed by atoms with Crippen molar-refractivity contribution in [2.75, 3.05) is 7.05 Å².